The van der Waals surface area contributed by atoms with E-state index in [1.807, 2.05) is 0 Å². The molecule has 1 saturated carbocycles. The van der Waals surface area contributed by atoms with Crippen molar-refractivity contribution in [1.82, 2.24) is 5.32 Å². The minimum atomic E-state index is -0.388. The van der Waals surface area contributed by atoms with E-state index in [9.17, 15) is 9.59 Å². The smallest absolute Gasteiger partial charge is 0.254 e. The van der Waals surface area contributed by atoms with Crippen molar-refractivity contribution in [2.24, 2.45) is 17.4 Å². The number of primary amides is 1. The molecule has 1 aromatic heterocycles. The first-order valence-electron chi connectivity index (χ1n) is 7.46. The van der Waals surface area contributed by atoms with E-state index in [2.05, 4.69) is 5.32 Å². The molecule has 0 spiro atoms. The molecule has 21 heavy (non-hydrogen) atoms. The highest BCUT2D eigenvalue weighted by Crippen LogP contribution is 2.28. The van der Waals surface area contributed by atoms with Gasteiger partial charge in [-0.2, -0.15) is 0 Å². The van der Waals surface area contributed by atoms with E-state index in [0.717, 1.165) is 25.7 Å². The Labute approximate surface area is 124 Å². The average molecular weight is 293 g/mol. The molecule has 0 radical (unpaired) electrons. The van der Waals surface area contributed by atoms with Crippen molar-refractivity contribution in [3.05, 3.63) is 23.7 Å². The second kappa shape index (κ2) is 7.26. The van der Waals surface area contributed by atoms with E-state index in [1.54, 1.807) is 6.07 Å². The Morgan fingerprint density at radius 2 is 2.05 bits per heavy atom. The highest BCUT2D eigenvalue weighted by Gasteiger charge is 2.27. The molecule has 0 aliphatic heterocycles. The molecule has 6 nitrogen and oxygen atoms in total. The van der Waals surface area contributed by atoms with Crippen LogP contribution in [0.2, 0.25) is 0 Å². The molecule has 6 heteroatoms. The standard InChI is InChI=1S/C15H23N3O3/c16-8-12-6-11(9-21-12)15(20)18-13(7-14(17)19)10-4-2-1-3-5-10/h6,9-10,13H,1-5,7-8,16H2,(H2,17,19)(H,18,20). The van der Waals surface area contributed by atoms with Crippen LogP contribution in [0, 0.1) is 5.92 Å². The zero-order valence-electron chi connectivity index (χ0n) is 12.1. The molecule has 2 rings (SSSR count). The van der Waals surface area contributed by atoms with E-state index < -0.39 is 0 Å². The number of carbonyl (C=O) groups is 2. The first-order valence-corrected chi connectivity index (χ1v) is 7.46. The minimum absolute atomic E-state index is 0.179. The number of nitrogens with one attached hydrogen (secondary N) is 1. The van der Waals surface area contributed by atoms with Crippen LogP contribution in [0.15, 0.2) is 16.7 Å². The van der Waals surface area contributed by atoms with E-state index in [1.165, 1.54) is 12.7 Å². The van der Waals surface area contributed by atoms with Crippen molar-refractivity contribution in [3.63, 3.8) is 0 Å². The second-order valence-electron chi connectivity index (χ2n) is 5.65. The highest BCUT2D eigenvalue weighted by molar-refractivity contribution is 5.94. The molecule has 1 fully saturated rings. The number of rotatable bonds is 6. The first-order chi connectivity index (χ1) is 10.1. The largest absolute Gasteiger partial charge is 0.467 e. The van der Waals surface area contributed by atoms with E-state index >= 15 is 0 Å². The number of furan rings is 1. The van der Waals surface area contributed by atoms with E-state index in [4.69, 9.17) is 15.9 Å². The van der Waals surface area contributed by atoms with E-state index in [-0.39, 0.29) is 30.8 Å². The summed E-state index contributed by atoms with van der Waals surface area (Å²) in [6.45, 7) is 0.251. The SMILES string of the molecule is NCc1cc(C(=O)NC(CC(N)=O)C2CCCCC2)co1. The number of amides is 2. The molecular weight excluding hydrogens is 270 g/mol. The lowest BCUT2D eigenvalue weighted by atomic mass is 9.82. The fourth-order valence-electron chi connectivity index (χ4n) is 2.95. The zero-order chi connectivity index (χ0) is 15.2. The third-order valence-corrected chi connectivity index (χ3v) is 4.07. The van der Waals surface area contributed by atoms with Gasteiger partial charge in [0.15, 0.2) is 0 Å². The molecule has 2 amide bonds. The van der Waals surface area contributed by atoms with Crippen LogP contribution in [-0.4, -0.2) is 17.9 Å². The van der Waals surface area contributed by atoms with Crippen molar-refractivity contribution in [2.45, 2.75) is 51.1 Å². The van der Waals surface area contributed by atoms with Crippen molar-refractivity contribution in [2.75, 3.05) is 0 Å². The van der Waals surface area contributed by atoms with Crippen LogP contribution in [0.3, 0.4) is 0 Å². The Morgan fingerprint density at radius 3 is 2.62 bits per heavy atom. The maximum absolute atomic E-state index is 12.2. The normalized spacial score (nSPS) is 17.4. The van der Waals surface area contributed by atoms with Crippen LogP contribution in [0.1, 0.15) is 54.6 Å². The molecule has 1 atom stereocenters. The molecule has 5 N–H and O–H groups in total. The minimum Gasteiger partial charge on any atom is -0.467 e. The van der Waals surface area contributed by atoms with Crippen molar-refractivity contribution < 1.29 is 14.0 Å². The molecule has 0 bridgehead atoms. The molecule has 116 valence electrons. The van der Waals surface area contributed by atoms with Crippen LogP contribution in [0.25, 0.3) is 0 Å². The van der Waals surface area contributed by atoms with Gasteiger partial charge in [-0.3, -0.25) is 9.59 Å². The molecule has 1 aliphatic rings. The lowest BCUT2D eigenvalue weighted by Crippen LogP contribution is -2.43. The first kappa shape index (κ1) is 15.6. The fourth-order valence-corrected chi connectivity index (χ4v) is 2.95. The number of hydrogen-bond donors (Lipinski definition) is 3. The Bertz CT molecular complexity index is 492. The summed E-state index contributed by atoms with van der Waals surface area (Å²) in [7, 11) is 0. The summed E-state index contributed by atoms with van der Waals surface area (Å²) in [5.41, 5.74) is 11.2. The summed E-state index contributed by atoms with van der Waals surface area (Å²) >= 11 is 0. The monoisotopic (exact) mass is 293 g/mol. The third-order valence-electron chi connectivity index (χ3n) is 4.07. The predicted octanol–water partition coefficient (Wildman–Crippen LogP) is 1.29. The molecule has 1 unspecified atom stereocenters. The molecule has 0 saturated heterocycles. The second-order valence-corrected chi connectivity index (χ2v) is 5.65. The van der Waals surface area contributed by atoms with Crippen LogP contribution in [-0.2, 0) is 11.3 Å². The van der Waals surface area contributed by atoms with Gasteiger partial charge in [-0.15, -0.1) is 0 Å². The van der Waals surface area contributed by atoms with E-state index in [0.29, 0.717) is 17.2 Å². The van der Waals surface area contributed by atoms with Gasteiger partial charge in [-0.1, -0.05) is 19.3 Å². The van der Waals surface area contributed by atoms with Crippen LogP contribution in [0.4, 0.5) is 0 Å². The van der Waals surface area contributed by atoms with Crippen LogP contribution < -0.4 is 16.8 Å². The van der Waals surface area contributed by atoms with Gasteiger partial charge in [0.2, 0.25) is 5.91 Å². The van der Waals surface area contributed by atoms with Crippen molar-refractivity contribution >= 4 is 11.8 Å². The zero-order valence-corrected chi connectivity index (χ0v) is 12.1. The van der Waals surface area contributed by atoms with Gasteiger partial charge in [0, 0.05) is 12.5 Å². The maximum Gasteiger partial charge on any atom is 0.254 e. The van der Waals surface area contributed by atoms with Crippen LogP contribution >= 0.6 is 0 Å². The molecule has 1 heterocycles. The Balaban J connectivity index is 2.02. The van der Waals surface area contributed by atoms with Gasteiger partial charge >= 0.3 is 0 Å². The molecule has 1 aromatic rings. The summed E-state index contributed by atoms with van der Waals surface area (Å²) in [6, 6.07) is 1.42. The average Bonchev–Trinajstić information content (AvgIpc) is 2.96. The van der Waals surface area contributed by atoms with Gasteiger partial charge in [0.1, 0.15) is 12.0 Å². The number of carbonyl (C=O) groups excluding carboxylic acids is 2. The molecular formula is C15H23N3O3. The topological polar surface area (TPSA) is 111 Å². The lowest BCUT2D eigenvalue weighted by molar-refractivity contribution is -0.118. The Hall–Kier alpha value is -1.82. The summed E-state index contributed by atoms with van der Waals surface area (Å²) in [4.78, 5) is 23.5. The lowest BCUT2D eigenvalue weighted by Gasteiger charge is -2.30. The fraction of sp³-hybridized carbons (Fsp3) is 0.600. The van der Waals surface area contributed by atoms with Gasteiger partial charge in [0.05, 0.1) is 12.1 Å². The van der Waals surface area contributed by atoms with Crippen molar-refractivity contribution in [1.29, 1.82) is 0 Å². The Kier molecular flexibility index (Phi) is 5.38. The van der Waals surface area contributed by atoms with Gasteiger partial charge in [-0.05, 0) is 24.8 Å². The molecule has 0 aromatic carbocycles. The van der Waals surface area contributed by atoms with Crippen LogP contribution in [0.5, 0.6) is 0 Å². The quantitative estimate of drug-likeness (QED) is 0.733. The van der Waals surface area contributed by atoms with Crippen molar-refractivity contribution in [3.8, 4) is 0 Å². The third kappa shape index (κ3) is 4.32. The van der Waals surface area contributed by atoms with Gasteiger partial charge < -0.3 is 21.2 Å². The number of nitrogens with two attached hydrogens (primary N) is 2. The predicted molar refractivity (Wildman–Crippen MR) is 78.2 cm³/mol. The number of hydrogen-bond acceptors (Lipinski definition) is 4. The summed E-state index contributed by atoms with van der Waals surface area (Å²) in [5, 5.41) is 2.93. The Morgan fingerprint density at radius 1 is 1.33 bits per heavy atom. The molecule has 1 aliphatic carbocycles. The van der Waals surface area contributed by atoms with Gasteiger partial charge in [0.25, 0.3) is 5.91 Å². The highest BCUT2D eigenvalue weighted by atomic mass is 16.3. The maximum atomic E-state index is 12.2. The summed E-state index contributed by atoms with van der Waals surface area (Å²) in [5.74, 6) is 0.247. The van der Waals surface area contributed by atoms with Gasteiger partial charge in [-0.25, -0.2) is 0 Å². The summed E-state index contributed by atoms with van der Waals surface area (Å²) in [6.07, 6.45) is 7.11. The summed E-state index contributed by atoms with van der Waals surface area (Å²) < 4.78 is 5.17.